The van der Waals surface area contributed by atoms with E-state index in [0.717, 1.165) is 38.8 Å². The third-order valence-corrected chi connectivity index (χ3v) is 4.45. The fourth-order valence-corrected chi connectivity index (χ4v) is 2.70. The number of carboxylic acids is 1. The topological polar surface area (TPSA) is 40.5 Å². The van der Waals surface area contributed by atoms with Crippen molar-refractivity contribution in [3.63, 3.8) is 0 Å². The van der Waals surface area contributed by atoms with E-state index in [9.17, 15) is 9.90 Å². The molecule has 0 spiro atoms. The summed E-state index contributed by atoms with van der Waals surface area (Å²) in [6, 6.07) is 0. The first-order valence-corrected chi connectivity index (χ1v) is 6.42. The average Bonchev–Trinajstić information content (AvgIpc) is 2.18. The van der Waals surface area contributed by atoms with Crippen LogP contribution >= 0.6 is 0 Å². The van der Waals surface area contributed by atoms with E-state index < -0.39 is 11.5 Å². The van der Waals surface area contributed by atoms with Crippen LogP contribution in [0.1, 0.15) is 53.4 Å². The molecule has 0 aliphatic carbocycles. The van der Waals surface area contributed by atoms with Crippen LogP contribution in [0.5, 0.6) is 0 Å². The van der Waals surface area contributed by atoms with Gasteiger partial charge in [0.15, 0.2) is 0 Å². The van der Waals surface area contributed by atoms with Crippen LogP contribution in [0.25, 0.3) is 0 Å². The largest absolute Gasteiger partial charge is 0.480 e. The van der Waals surface area contributed by atoms with E-state index in [1.165, 1.54) is 0 Å². The maximum Gasteiger partial charge on any atom is 0.323 e. The molecule has 1 atom stereocenters. The van der Waals surface area contributed by atoms with E-state index in [4.69, 9.17) is 0 Å². The Balaban J connectivity index is 2.69. The first-order valence-electron chi connectivity index (χ1n) is 6.42. The zero-order valence-electron chi connectivity index (χ0n) is 11.0. The molecule has 0 radical (unpaired) electrons. The molecule has 0 aromatic carbocycles. The van der Waals surface area contributed by atoms with Gasteiger partial charge in [0.25, 0.3) is 0 Å². The van der Waals surface area contributed by atoms with Crippen LogP contribution in [0, 0.1) is 5.41 Å². The molecule has 1 heterocycles. The SMILES string of the molecule is CCCC(C)(C(=O)O)N1CC(CC)(CC)C1. The van der Waals surface area contributed by atoms with Crippen molar-refractivity contribution < 1.29 is 9.90 Å². The van der Waals surface area contributed by atoms with Crippen molar-refractivity contribution in [3.05, 3.63) is 0 Å². The van der Waals surface area contributed by atoms with E-state index >= 15 is 0 Å². The first kappa shape index (κ1) is 13.5. The molecule has 3 heteroatoms. The molecule has 0 bridgehead atoms. The highest BCUT2D eigenvalue weighted by Gasteiger charge is 2.50. The fraction of sp³-hybridized carbons (Fsp3) is 0.923. The van der Waals surface area contributed by atoms with Crippen LogP contribution in [0.4, 0.5) is 0 Å². The van der Waals surface area contributed by atoms with Gasteiger partial charge in [-0.25, -0.2) is 0 Å². The molecule has 0 amide bonds. The van der Waals surface area contributed by atoms with Crippen molar-refractivity contribution in [2.45, 2.75) is 58.9 Å². The first-order chi connectivity index (χ1) is 7.44. The van der Waals surface area contributed by atoms with Crippen molar-refractivity contribution in [1.29, 1.82) is 0 Å². The molecular formula is C13H25NO2. The molecule has 3 nitrogen and oxygen atoms in total. The highest BCUT2D eigenvalue weighted by Crippen LogP contribution is 2.42. The number of likely N-dealkylation sites (tertiary alicyclic amines) is 1. The Morgan fingerprint density at radius 1 is 1.31 bits per heavy atom. The molecule has 16 heavy (non-hydrogen) atoms. The average molecular weight is 227 g/mol. The van der Waals surface area contributed by atoms with Gasteiger partial charge in [-0.2, -0.15) is 0 Å². The number of carboxylic acid groups (broad SMARTS) is 1. The Morgan fingerprint density at radius 2 is 1.81 bits per heavy atom. The normalized spacial score (nSPS) is 23.5. The lowest BCUT2D eigenvalue weighted by atomic mass is 9.72. The zero-order valence-corrected chi connectivity index (χ0v) is 11.0. The highest BCUT2D eigenvalue weighted by atomic mass is 16.4. The minimum atomic E-state index is -0.671. The molecule has 0 aromatic heterocycles. The van der Waals surface area contributed by atoms with Crippen molar-refractivity contribution in [2.24, 2.45) is 5.41 Å². The number of aliphatic carboxylic acids is 1. The summed E-state index contributed by atoms with van der Waals surface area (Å²) in [6.45, 7) is 10.2. The van der Waals surface area contributed by atoms with E-state index in [2.05, 4.69) is 18.7 Å². The Hall–Kier alpha value is -0.570. The lowest BCUT2D eigenvalue weighted by molar-refractivity contribution is -0.163. The second kappa shape index (κ2) is 4.74. The van der Waals surface area contributed by atoms with Crippen LogP contribution in [-0.4, -0.2) is 34.6 Å². The molecule has 1 unspecified atom stereocenters. The molecule has 94 valence electrons. The third kappa shape index (κ3) is 2.10. The number of hydrogen-bond donors (Lipinski definition) is 1. The molecule has 0 saturated carbocycles. The molecular weight excluding hydrogens is 202 g/mol. The van der Waals surface area contributed by atoms with Crippen molar-refractivity contribution >= 4 is 5.97 Å². The van der Waals surface area contributed by atoms with Crippen molar-refractivity contribution in [2.75, 3.05) is 13.1 Å². The summed E-state index contributed by atoms with van der Waals surface area (Å²) in [5.74, 6) is -0.671. The van der Waals surface area contributed by atoms with Gasteiger partial charge >= 0.3 is 5.97 Å². The number of rotatable bonds is 6. The Morgan fingerprint density at radius 3 is 2.12 bits per heavy atom. The van der Waals surface area contributed by atoms with Gasteiger partial charge in [0.1, 0.15) is 5.54 Å². The minimum absolute atomic E-state index is 0.379. The van der Waals surface area contributed by atoms with Gasteiger partial charge in [-0.05, 0) is 31.6 Å². The maximum atomic E-state index is 11.4. The number of nitrogens with zero attached hydrogens (tertiary/aromatic N) is 1. The standard InChI is InChI=1S/C13H25NO2/c1-5-8-12(4,11(15)16)14-9-13(6-2,7-3)10-14/h5-10H2,1-4H3,(H,15,16). The number of hydrogen-bond acceptors (Lipinski definition) is 2. The fourth-order valence-electron chi connectivity index (χ4n) is 2.70. The lowest BCUT2D eigenvalue weighted by Gasteiger charge is -2.56. The Kier molecular flexibility index (Phi) is 4.00. The molecule has 1 rings (SSSR count). The van der Waals surface area contributed by atoms with Gasteiger partial charge in [-0.3, -0.25) is 9.69 Å². The predicted octanol–water partition coefficient (Wildman–Crippen LogP) is 2.75. The van der Waals surface area contributed by atoms with E-state index in [1.54, 1.807) is 0 Å². The van der Waals surface area contributed by atoms with Gasteiger partial charge in [0, 0.05) is 13.1 Å². The van der Waals surface area contributed by atoms with E-state index in [-0.39, 0.29) is 0 Å². The quantitative estimate of drug-likeness (QED) is 0.758. The monoisotopic (exact) mass is 227 g/mol. The van der Waals surface area contributed by atoms with Crippen LogP contribution in [0.2, 0.25) is 0 Å². The maximum absolute atomic E-state index is 11.4. The Bertz CT molecular complexity index is 253. The summed E-state index contributed by atoms with van der Waals surface area (Å²) in [4.78, 5) is 13.5. The van der Waals surface area contributed by atoms with Crippen molar-refractivity contribution in [3.8, 4) is 0 Å². The summed E-state index contributed by atoms with van der Waals surface area (Å²) in [6.07, 6.45) is 3.97. The van der Waals surface area contributed by atoms with Crippen LogP contribution in [-0.2, 0) is 4.79 Å². The van der Waals surface area contributed by atoms with Gasteiger partial charge < -0.3 is 5.11 Å². The summed E-state index contributed by atoms with van der Waals surface area (Å²) in [5, 5.41) is 9.37. The number of carbonyl (C=O) groups is 1. The summed E-state index contributed by atoms with van der Waals surface area (Å²) in [5.41, 5.74) is -0.271. The molecule has 1 fully saturated rings. The second-order valence-corrected chi connectivity index (χ2v) is 5.39. The molecule has 1 aliphatic rings. The minimum Gasteiger partial charge on any atom is -0.480 e. The summed E-state index contributed by atoms with van der Waals surface area (Å²) >= 11 is 0. The smallest absolute Gasteiger partial charge is 0.323 e. The van der Waals surface area contributed by atoms with Crippen LogP contribution in [0.15, 0.2) is 0 Å². The molecule has 1 saturated heterocycles. The zero-order chi connectivity index (χ0) is 12.4. The Labute approximate surface area is 98.8 Å². The molecule has 1 aliphatic heterocycles. The van der Waals surface area contributed by atoms with Gasteiger partial charge in [0.2, 0.25) is 0 Å². The van der Waals surface area contributed by atoms with Gasteiger partial charge in [0.05, 0.1) is 0 Å². The van der Waals surface area contributed by atoms with E-state index in [1.807, 2.05) is 13.8 Å². The lowest BCUT2D eigenvalue weighted by Crippen LogP contribution is -2.66. The summed E-state index contributed by atoms with van der Waals surface area (Å²) < 4.78 is 0. The molecule has 1 N–H and O–H groups in total. The molecule has 0 aromatic rings. The van der Waals surface area contributed by atoms with Gasteiger partial charge in [-0.15, -0.1) is 0 Å². The second-order valence-electron chi connectivity index (χ2n) is 5.39. The third-order valence-electron chi connectivity index (χ3n) is 4.45. The van der Waals surface area contributed by atoms with Gasteiger partial charge in [-0.1, -0.05) is 27.2 Å². The summed E-state index contributed by atoms with van der Waals surface area (Å²) in [7, 11) is 0. The van der Waals surface area contributed by atoms with Crippen LogP contribution < -0.4 is 0 Å². The van der Waals surface area contributed by atoms with E-state index in [0.29, 0.717) is 5.41 Å². The van der Waals surface area contributed by atoms with Crippen LogP contribution in [0.3, 0.4) is 0 Å². The van der Waals surface area contributed by atoms with Crippen molar-refractivity contribution in [1.82, 2.24) is 4.90 Å². The highest BCUT2D eigenvalue weighted by molar-refractivity contribution is 5.78. The predicted molar refractivity (Wildman–Crippen MR) is 65.5 cm³/mol.